The van der Waals surface area contributed by atoms with E-state index in [9.17, 15) is 10.2 Å². The van der Waals surface area contributed by atoms with Crippen LogP contribution < -0.4 is 0 Å². The first-order chi connectivity index (χ1) is 7.59. The minimum Gasteiger partial charge on any atom is -0.507 e. The van der Waals surface area contributed by atoms with E-state index in [4.69, 9.17) is 0 Å². The lowest BCUT2D eigenvalue weighted by molar-refractivity contribution is 0.451. The van der Waals surface area contributed by atoms with Gasteiger partial charge in [-0.3, -0.25) is 0 Å². The first-order valence-corrected chi connectivity index (χ1v) is 5.18. The third-order valence-corrected chi connectivity index (χ3v) is 2.70. The zero-order valence-electron chi connectivity index (χ0n) is 9.36. The number of aromatic hydroxyl groups is 2. The van der Waals surface area contributed by atoms with Crippen LogP contribution in [-0.4, -0.2) is 10.2 Å². The van der Waals surface area contributed by atoms with Crippen LogP contribution in [-0.2, 0) is 0 Å². The van der Waals surface area contributed by atoms with Gasteiger partial charge >= 0.3 is 0 Å². The van der Waals surface area contributed by atoms with Gasteiger partial charge in [-0.1, -0.05) is 35.9 Å². The number of rotatable bonds is 1. The highest BCUT2D eigenvalue weighted by molar-refractivity contribution is 5.77. The van der Waals surface area contributed by atoms with Crippen LogP contribution in [0.4, 0.5) is 0 Å². The molecule has 0 saturated heterocycles. The molecule has 0 unspecified atom stereocenters. The monoisotopic (exact) mass is 214 g/mol. The number of hydrogen-bond acceptors (Lipinski definition) is 2. The van der Waals surface area contributed by atoms with Crippen molar-refractivity contribution >= 4 is 0 Å². The van der Waals surface area contributed by atoms with E-state index >= 15 is 0 Å². The second kappa shape index (κ2) is 3.89. The van der Waals surface area contributed by atoms with Gasteiger partial charge in [-0.15, -0.1) is 0 Å². The number of benzene rings is 2. The summed E-state index contributed by atoms with van der Waals surface area (Å²) in [5, 5.41) is 19.7. The van der Waals surface area contributed by atoms with Crippen LogP contribution in [0.1, 0.15) is 11.1 Å². The van der Waals surface area contributed by atoms with Gasteiger partial charge in [-0.05, 0) is 31.0 Å². The Morgan fingerprint density at radius 3 is 2.06 bits per heavy atom. The fourth-order valence-corrected chi connectivity index (χ4v) is 1.69. The Bertz CT molecular complexity index is 513. The van der Waals surface area contributed by atoms with E-state index in [0.717, 1.165) is 16.7 Å². The van der Waals surface area contributed by atoms with Gasteiger partial charge in [0, 0.05) is 0 Å². The van der Waals surface area contributed by atoms with Gasteiger partial charge < -0.3 is 10.2 Å². The van der Waals surface area contributed by atoms with Crippen LogP contribution in [0.3, 0.4) is 0 Å². The molecule has 0 radical (unpaired) electrons. The lowest BCUT2D eigenvalue weighted by atomic mass is 10.00. The summed E-state index contributed by atoms with van der Waals surface area (Å²) in [6.07, 6.45) is 0. The van der Waals surface area contributed by atoms with Crippen molar-refractivity contribution in [3.8, 4) is 22.6 Å². The minimum absolute atomic E-state index is 0.104. The molecule has 0 spiro atoms. The predicted octanol–water partition coefficient (Wildman–Crippen LogP) is 3.38. The van der Waals surface area contributed by atoms with Crippen molar-refractivity contribution < 1.29 is 10.2 Å². The highest BCUT2D eigenvalue weighted by atomic mass is 16.3. The molecule has 0 saturated carbocycles. The summed E-state index contributed by atoms with van der Waals surface area (Å²) in [5.74, 6) is 0.246. The maximum atomic E-state index is 9.94. The van der Waals surface area contributed by atoms with Crippen molar-refractivity contribution in [1.82, 2.24) is 0 Å². The van der Waals surface area contributed by atoms with Gasteiger partial charge in [-0.2, -0.15) is 0 Å². The van der Waals surface area contributed by atoms with Gasteiger partial charge in [0.05, 0.1) is 5.56 Å². The van der Waals surface area contributed by atoms with Crippen molar-refractivity contribution in [1.29, 1.82) is 0 Å². The molecule has 0 aliphatic rings. The topological polar surface area (TPSA) is 40.5 Å². The lowest BCUT2D eigenvalue weighted by Gasteiger charge is -2.09. The van der Waals surface area contributed by atoms with Crippen molar-refractivity contribution in [3.05, 3.63) is 47.5 Å². The Kier molecular flexibility index (Phi) is 2.57. The van der Waals surface area contributed by atoms with Crippen molar-refractivity contribution in [2.75, 3.05) is 0 Å². The molecule has 0 bridgehead atoms. The van der Waals surface area contributed by atoms with Crippen LogP contribution in [0.5, 0.6) is 11.5 Å². The number of phenolic OH excluding ortho intramolecular Hbond substituents is 2. The van der Waals surface area contributed by atoms with Crippen LogP contribution in [0.15, 0.2) is 36.4 Å². The molecule has 0 amide bonds. The summed E-state index contributed by atoms with van der Waals surface area (Å²) in [6, 6.07) is 11.0. The molecule has 2 aromatic carbocycles. The summed E-state index contributed by atoms with van der Waals surface area (Å²) in [7, 11) is 0. The Hall–Kier alpha value is -1.96. The predicted molar refractivity (Wildman–Crippen MR) is 64.7 cm³/mol. The second-order valence-electron chi connectivity index (χ2n) is 3.99. The molecular formula is C14H14O2. The normalized spacial score (nSPS) is 10.4. The highest BCUT2D eigenvalue weighted by Gasteiger charge is 2.11. The third kappa shape index (κ3) is 1.74. The Morgan fingerprint density at radius 2 is 1.44 bits per heavy atom. The third-order valence-electron chi connectivity index (χ3n) is 2.70. The van der Waals surface area contributed by atoms with Gasteiger partial charge in [0.1, 0.15) is 11.5 Å². The average molecular weight is 214 g/mol. The van der Waals surface area contributed by atoms with Crippen LogP contribution >= 0.6 is 0 Å². The largest absolute Gasteiger partial charge is 0.507 e. The molecule has 0 aromatic heterocycles. The Labute approximate surface area is 94.8 Å². The van der Waals surface area contributed by atoms with E-state index in [-0.39, 0.29) is 11.5 Å². The molecule has 0 atom stereocenters. The fourth-order valence-electron chi connectivity index (χ4n) is 1.69. The van der Waals surface area contributed by atoms with E-state index in [1.807, 2.05) is 38.1 Å². The molecule has 16 heavy (non-hydrogen) atoms. The minimum atomic E-state index is 0.104. The molecule has 2 N–H and O–H groups in total. The molecule has 2 aromatic rings. The zero-order chi connectivity index (χ0) is 11.7. The van der Waals surface area contributed by atoms with Gasteiger partial charge in [0.25, 0.3) is 0 Å². The van der Waals surface area contributed by atoms with Gasteiger partial charge in [0.15, 0.2) is 0 Å². The molecule has 2 nitrogen and oxygen atoms in total. The molecule has 0 aliphatic carbocycles. The zero-order valence-corrected chi connectivity index (χ0v) is 9.36. The summed E-state index contributed by atoms with van der Waals surface area (Å²) < 4.78 is 0. The first kappa shape index (κ1) is 10.6. The summed E-state index contributed by atoms with van der Waals surface area (Å²) in [4.78, 5) is 0. The SMILES string of the molecule is Cc1ccc(-c2c(O)ccc(C)c2O)cc1. The number of phenols is 2. The van der Waals surface area contributed by atoms with E-state index < -0.39 is 0 Å². The summed E-state index contributed by atoms with van der Waals surface area (Å²) in [5.41, 5.74) is 3.23. The number of hydrogen-bond donors (Lipinski definition) is 2. The fraction of sp³-hybridized carbons (Fsp3) is 0.143. The molecule has 82 valence electrons. The molecule has 0 fully saturated rings. The Morgan fingerprint density at radius 1 is 0.812 bits per heavy atom. The smallest absolute Gasteiger partial charge is 0.130 e. The Balaban J connectivity index is 2.63. The highest BCUT2D eigenvalue weighted by Crippen LogP contribution is 2.39. The first-order valence-electron chi connectivity index (χ1n) is 5.18. The van der Waals surface area contributed by atoms with E-state index in [1.54, 1.807) is 12.1 Å². The quantitative estimate of drug-likeness (QED) is 0.764. The number of aryl methyl sites for hydroxylation is 2. The lowest BCUT2D eigenvalue weighted by Crippen LogP contribution is -1.84. The molecule has 0 heterocycles. The second-order valence-corrected chi connectivity index (χ2v) is 3.99. The standard InChI is InChI=1S/C14H14O2/c1-9-3-6-11(7-4-9)13-12(15)8-5-10(2)14(13)16/h3-8,15-16H,1-2H3. The average Bonchev–Trinajstić information content (AvgIpc) is 2.27. The van der Waals surface area contributed by atoms with E-state index in [2.05, 4.69) is 0 Å². The van der Waals surface area contributed by atoms with Crippen molar-refractivity contribution in [3.63, 3.8) is 0 Å². The molecule has 2 rings (SSSR count). The maximum Gasteiger partial charge on any atom is 0.130 e. The van der Waals surface area contributed by atoms with Gasteiger partial charge in [0.2, 0.25) is 0 Å². The van der Waals surface area contributed by atoms with Crippen molar-refractivity contribution in [2.45, 2.75) is 13.8 Å². The van der Waals surface area contributed by atoms with Crippen LogP contribution in [0.2, 0.25) is 0 Å². The molecule has 2 heteroatoms. The summed E-state index contributed by atoms with van der Waals surface area (Å²) in [6.45, 7) is 3.81. The van der Waals surface area contributed by atoms with Crippen molar-refractivity contribution in [2.24, 2.45) is 0 Å². The van der Waals surface area contributed by atoms with Gasteiger partial charge in [-0.25, -0.2) is 0 Å². The molecular weight excluding hydrogens is 200 g/mol. The van der Waals surface area contributed by atoms with E-state index in [1.165, 1.54) is 0 Å². The molecule has 0 aliphatic heterocycles. The van der Waals surface area contributed by atoms with Crippen LogP contribution in [0.25, 0.3) is 11.1 Å². The summed E-state index contributed by atoms with van der Waals surface area (Å²) >= 11 is 0. The van der Waals surface area contributed by atoms with Crippen LogP contribution in [0, 0.1) is 13.8 Å². The van der Waals surface area contributed by atoms with E-state index in [0.29, 0.717) is 5.56 Å². The maximum absolute atomic E-state index is 9.94.